The molecule has 0 radical (unpaired) electrons. The fraction of sp³-hybridized carbons (Fsp3) is 0.412. The smallest absolute Gasteiger partial charge is 0.271 e. The summed E-state index contributed by atoms with van der Waals surface area (Å²) in [5, 5.41) is 5.45. The van der Waals surface area contributed by atoms with E-state index in [2.05, 4.69) is 17.2 Å². The molecule has 1 aromatic heterocycles. The highest BCUT2D eigenvalue weighted by Crippen LogP contribution is 2.26. The summed E-state index contributed by atoms with van der Waals surface area (Å²) in [4.78, 5) is 16.6. The standard InChI is InChI=1S/C17H23N3O2S/c1-4-9-22-13-7-5-12(6-8-13)16-19-14(10-23-16)15(21)20-17(2,3)11-18/h5-8,10H,4,9,11,18H2,1-3H3,(H,20,21). The summed E-state index contributed by atoms with van der Waals surface area (Å²) < 4.78 is 5.56. The molecule has 2 rings (SSSR count). The van der Waals surface area contributed by atoms with Crippen molar-refractivity contribution in [3.8, 4) is 16.3 Å². The number of hydrogen-bond acceptors (Lipinski definition) is 5. The molecule has 6 heteroatoms. The van der Waals surface area contributed by atoms with E-state index in [0.717, 1.165) is 22.7 Å². The maximum absolute atomic E-state index is 12.2. The van der Waals surface area contributed by atoms with Gasteiger partial charge in [-0.1, -0.05) is 6.92 Å². The molecule has 0 saturated carbocycles. The van der Waals surface area contributed by atoms with Gasteiger partial charge in [0.15, 0.2) is 0 Å². The third-order valence-electron chi connectivity index (χ3n) is 3.27. The average molecular weight is 333 g/mol. The second kappa shape index (κ2) is 7.57. The van der Waals surface area contributed by atoms with Crippen LogP contribution in [0.3, 0.4) is 0 Å². The Morgan fingerprint density at radius 2 is 2.04 bits per heavy atom. The number of thiazole rings is 1. The monoisotopic (exact) mass is 333 g/mol. The van der Waals surface area contributed by atoms with E-state index in [1.807, 2.05) is 38.1 Å². The van der Waals surface area contributed by atoms with Crippen LogP contribution >= 0.6 is 11.3 Å². The van der Waals surface area contributed by atoms with Crippen molar-refractivity contribution in [1.82, 2.24) is 10.3 Å². The van der Waals surface area contributed by atoms with Gasteiger partial charge >= 0.3 is 0 Å². The van der Waals surface area contributed by atoms with E-state index in [0.29, 0.717) is 18.8 Å². The van der Waals surface area contributed by atoms with Gasteiger partial charge in [-0.3, -0.25) is 4.79 Å². The molecule has 1 aromatic carbocycles. The molecule has 0 aliphatic carbocycles. The predicted molar refractivity (Wildman–Crippen MR) is 93.9 cm³/mol. The van der Waals surface area contributed by atoms with E-state index in [-0.39, 0.29) is 5.91 Å². The molecule has 1 heterocycles. The van der Waals surface area contributed by atoms with Crippen LogP contribution in [0.5, 0.6) is 5.75 Å². The first-order chi connectivity index (χ1) is 10.9. The highest BCUT2D eigenvalue weighted by atomic mass is 32.1. The Bertz CT molecular complexity index is 650. The Hall–Kier alpha value is -1.92. The number of nitrogens with two attached hydrogens (primary N) is 1. The molecule has 5 nitrogen and oxygen atoms in total. The van der Waals surface area contributed by atoms with Gasteiger partial charge in [-0.15, -0.1) is 11.3 Å². The van der Waals surface area contributed by atoms with Crippen molar-refractivity contribution in [1.29, 1.82) is 0 Å². The number of rotatable bonds is 7. The van der Waals surface area contributed by atoms with Gasteiger partial charge in [0.1, 0.15) is 16.5 Å². The SMILES string of the molecule is CCCOc1ccc(-c2nc(C(=O)NC(C)(C)CN)cs2)cc1. The molecule has 0 aliphatic rings. The lowest BCUT2D eigenvalue weighted by Crippen LogP contribution is -2.48. The number of amides is 1. The number of carbonyl (C=O) groups is 1. The van der Waals surface area contributed by atoms with Crippen molar-refractivity contribution >= 4 is 17.2 Å². The van der Waals surface area contributed by atoms with Gasteiger partial charge < -0.3 is 15.8 Å². The molecule has 3 N–H and O–H groups in total. The molecule has 0 fully saturated rings. The van der Waals surface area contributed by atoms with E-state index >= 15 is 0 Å². The summed E-state index contributed by atoms with van der Waals surface area (Å²) in [6, 6.07) is 7.75. The van der Waals surface area contributed by atoms with Crippen LogP contribution in [0.2, 0.25) is 0 Å². The van der Waals surface area contributed by atoms with Gasteiger partial charge in [-0.2, -0.15) is 0 Å². The second-order valence-corrected chi connectivity index (χ2v) is 6.81. The lowest BCUT2D eigenvalue weighted by atomic mass is 10.1. The Labute approximate surface area is 140 Å². The van der Waals surface area contributed by atoms with Crippen molar-refractivity contribution in [3.05, 3.63) is 35.3 Å². The molecule has 2 aromatic rings. The van der Waals surface area contributed by atoms with Gasteiger partial charge in [-0.05, 0) is 44.5 Å². The average Bonchev–Trinajstić information content (AvgIpc) is 3.03. The Morgan fingerprint density at radius 1 is 1.35 bits per heavy atom. The lowest BCUT2D eigenvalue weighted by molar-refractivity contribution is 0.0911. The Morgan fingerprint density at radius 3 is 2.65 bits per heavy atom. The third kappa shape index (κ3) is 4.77. The summed E-state index contributed by atoms with van der Waals surface area (Å²) in [5.74, 6) is 0.640. The molecule has 0 bridgehead atoms. The first-order valence-corrected chi connectivity index (χ1v) is 8.54. The van der Waals surface area contributed by atoms with Crippen molar-refractivity contribution in [3.63, 3.8) is 0 Å². The zero-order valence-electron chi connectivity index (χ0n) is 13.8. The first kappa shape index (κ1) is 17.4. The van der Waals surface area contributed by atoms with Gasteiger partial charge in [-0.25, -0.2) is 4.98 Å². The lowest BCUT2D eigenvalue weighted by Gasteiger charge is -2.23. The molecular formula is C17H23N3O2S. The third-order valence-corrected chi connectivity index (χ3v) is 4.16. The fourth-order valence-electron chi connectivity index (χ4n) is 1.85. The molecule has 0 aliphatic heterocycles. The van der Waals surface area contributed by atoms with Crippen LogP contribution in [-0.2, 0) is 0 Å². The minimum Gasteiger partial charge on any atom is -0.494 e. The molecule has 0 atom stereocenters. The Balaban J connectivity index is 2.08. The van der Waals surface area contributed by atoms with E-state index in [9.17, 15) is 4.79 Å². The Kier molecular flexibility index (Phi) is 5.74. The largest absolute Gasteiger partial charge is 0.494 e. The molecule has 23 heavy (non-hydrogen) atoms. The minimum atomic E-state index is -0.445. The van der Waals surface area contributed by atoms with Crippen LogP contribution in [0.15, 0.2) is 29.6 Å². The summed E-state index contributed by atoms with van der Waals surface area (Å²) >= 11 is 1.44. The van der Waals surface area contributed by atoms with Gasteiger partial charge in [0.25, 0.3) is 5.91 Å². The van der Waals surface area contributed by atoms with Gasteiger partial charge in [0.05, 0.1) is 6.61 Å². The van der Waals surface area contributed by atoms with Crippen molar-refractivity contribution in [2.75, 3.05) is 13.2 Å². The maximum atomic E-state index is 12.2. The fourth-order valence-corrected chi connectivity index (χ4v) is 2.65. The summed E-state index contributed by atoms with van der Waals surface area (Å²) in [7, 11) is 0. The van der Waals surface area contributed by atoms with E-state index in [1.54, 1.807) is 5.38 Å². The quantitative estimate of drug-likeness (QED) is 0.816. The number of nitrogens with zero attached hydrogens (tertiary/aromatic N) is 1. The van der Waals surface area contributed by atoms with Crippen LogP contribution in [0, 0.1) is 0 Å². The van der Waals surface area contributed by atoms with E-state index in [4.69, 9.17) is 10.5 Å². The van der Waals surface area contributed by atoms with Crippen molar-refractivity contribution in [2.45, 2.75) is 32.7 Å². The zero-order chi connectivity index (χ0) is 16.9. The topological polar surface area (TPSA) is 77.2 Å². The van der Waals surface area contributed by atoms with Crippen LogP contribution in [0.25, 0.3) is 10.6 Å². The molecule has 0 saturated heterocycles. The van der Waals surface area contributed by atoms with Crippen LogP contribution < -0.4 is 15.8 Å². The summed E-state index contributed by atoms with van der Waals surface area (Å²) in [6.45, 7) is 6.91. The number of aromatic nitrogens is 1. The van der Waals surface area contributed by atoms with Crippen molar-refractivity contribution < 1.29 is 9.53 Å². The number of benzene rings is 1. The van der Waals surface area contributed by atoms with Gasteiger partial charge in [0.2, 0.25) is 0 Å². The normalized spacial score (nSPS) is 11.3. The maximum Gasteiger partial charge on any atom is 0.271 e. The predicted octanol–water partition coefficient (Wildman–Crippen LogP) is 3.07. The van der Waals surface area contributed by atoms with E-state index in [1.165, 1.54) is 11.3 Å². The molecule has 0 unspecified atom stereocenters. The van der Waals surface area contributed by atoms with Gasteiger partial charge in [0, 0.05) is 23.0 Å². The molecule has 124 valence electrons. The van der Waals surface area contributed by atoms with Crippen LogP contribution in [0.4, 0.5) is 0 Å². The zero-order valence-corrected chi connectivity index (χ0v) is 14.6. The highest BCUT2D eigenvalue weighted by molar-refractivity contribution is 7.13. The minimum absolute atomic E-state index is 0.203. The number of ether oxygens (including phenoxy) is 1. The van der Waals surface area contributed by atoms with Crippen LogP contribution in [-0.4, -0.2) is 29.6 Å². The number of hydrogen-bond donors (Lipinski definition) is 2. The first-order valence-electron chi connectivity index (χ1n) is 7.66. The number of nitrogens with one attached hydrogen (secondary N) is 1. The second-order valence-electron chi connectivity index (χ2n) is 5.95. The molecule has 0 spiro atoms. The van der Waals surface area contributed by atoms with Crippen LogP contribution in [0.1, 0.15) is 37.7 Å². The number of carbonyl (C=O) groups excluding carboxylic acids is 1. The molecule has 1 amide bonds. The van der Waals surface area contributed by atoms with E-state index < -0.39 is 5.54 Å². The molecular weight excluding hydrogens is 310 g/mol. The summed E-state index contributed by atoms with van der Waals surface area (Å²) in [6.07, 6.45) is 0.978. The highest BCUT2D eigenvalue weighted by Gasteiger charge is 2.21. The van der Waals surface area contributed by atoms with Crippen molar-refractivity contribution in [2.24, 2.45) is 5.73 Å². The summed E-state index contributed by atoms with van der Waals surface area (Å²) in [5.41, 5.74) is 6.57.